The highest BCUT2D eigenvalue weighted by Crippen LogP contribution is 2.29. The Balaban J connectivity index is 2.59. The van der Waals surface area contributed by atoms with Gasteiger partial charge in [-0.15, -0.1) is 0 Å². The van der Waals surface area contributed by atoms with Gasteiger partial charge >= 0.3 is 6.18 Å². The normalized spacial score (nSPS) is 13.9. The van der Waals surface area contributed by atoms with Crippen LogP contribution in [-0.4, -0.2) is 18.0 Å². The van der Waals surface area contributed by atoms with Crippen LogP contribution in [0.3, 0.4) is 0 Å². The van der Waals surface area contributed by atoms with Gasteiger partial charge in [-0.1, -0.05) is 12.1 Å². The predicted octanol–water partition coefficient (Wildman–Crippen LogP) is 3.27. The fourth-order valence-corrected chi connectivity index (χ4v) is 1.68. The molecule has 21 heavy (non-hydrogen) atoms. The molecule has 0 heterocycles. The molecular weight excluding hydrogens is 281 g/mol. The Labute approximate surface area is 122 Å². The molecule has 1 aromatic rings. The van der Waals surface area contributed by atoms with E-state index in [1.165, 1.54) is 12.1 Å². The van der Waals surface area contributed by atoms with Crippen molar-refractivity contribution >= 4 is 5.91 Å². The third-order valence-electron chi connectivity index (χ3n) is 2.89. The first-order valence-corrected chi connectivity index (χ1v) is 6.70. The topological polar surface area (TPSA) is 41.1 Å². The molecule has 1 rings (SSSR count). The maximum Gasteiger partial charge on any atom is 0.416 e. The van der Waals surface area contributed by atoms with Crippen molar-refractivity contribution in [2.45, 2.75) is 45.5 Å². The number of hydrogen-bond donors (Lipinski definition) is 2. The number of amides is 1. The Morgan fingerprint density at radius 3 is 2.10 bits per heavy atom. The van der Waals surface area contributed by atoms with E-state index in [4.69, 9.17) is 0 Å². The van der Waals surface area contributed by atoms with E-state index in [0.717, 1.165) is 12.1 Å². The molecule has 0 radical (unpaired) electrons. The summed E-state index contributed by atoms with van der Waals surface area (Å²) in [5.41, 5.74) is -0.235. The number of carbonyl (C=O) groups excluding carboxylic acids is 1. The van der Waals surface area contributed by atoms with Crippen molar-refractivity contribution in [2.24, 2.45) is 0 Å². The number of hydrogen-bond acceptors (Lipinski definition) is 2. The minimum absolute atomic E-state index is 0.161. The minimum Gasteiger partial charge on any atom is -0.348 e. The zero-order valence-corrected chi connectivity index (χ0v) is 12.6. The van der Waals surface area contributed by atoms with Crippen LogP contribution in [0.1, 0.15) is 44.9 Å². The lowest BCUT2D eigenvalue weighted by atomic mass is 10.1. The maximum atomic E-state index is 12.5. The average molecular weight is 302 g/mol. The molecule has 2 N–H and O–H groups in total. The SMILES string of the molecule is CC(NC(=O)CNC(C)(C)C)c1ccc(C(F)(F)F)cc1. The van der Waals surface area contributed by atoms with E-state index in [1.54, 1.807) is 6.92 Å². The van der Waals surface area contributed by atoms with Gasteiger partial charge in [0.1, 0.15) is 0 Å². The van der Waals surface area contributed by atoms with Crippen molar-refractivity contribution in [1.82, 2.24) is 10.6 Å². The van der Waals surface area contributed by atoms with Gasteiger partial charge in [-0.3, -0.25) is 4.79 Å². The summed E-state index contributed by atoms with van der Waals surface area (Å²) in [5.74, 6) is -0.197. The molecule has 0 aliphatic heterocycles. The van der Waals surface area contributed by atoms with Crippen molar-refractivity contribution in [3.8, 4) is 0 Å². The lowest BCUT2D eigenvalue weighted by Gasteiger charge is -2.21. The molecule has 1 amide bonds. The first kappa shape index (κ1) is 17.5. The number of carbonyl (C=O) groups is 1. The quantitative estimate of drug-likeness (QED) is 0.896. The van der Waals surface area contributed by atoms with Gasteiger partial charge in [-0.05, 0) is 45.4 Å². The van der Waals surface area contributed by atoms with E-state index in [1.807, 2.05) is 20.8 Å². The van der Waals surface area contributed by atoms with Crippen LogP contribution in [0.15, 0.2) is 24.3 Å². The van der Waals surface area contributed by atoms with E-state index in [9.17, 15) is 18.0 Å². The molecule has 1 aromatic carbocycles. The summed E-state index contributed by atoms with van der Waals surface area (Å²) in [6.45, 7) is 7.73. The number of benzene rings is 1. The van der Waals surface area contributed by atoms with Gasteiger partial charge < -0.3 is 10.6 Å². The molecule has 1 atom stereocenters. The lowest BCUT2D eigenvalue weighted by Crippen LogP contribution is -2.43. The third-order valence-corrected chi connectivity index (χ3v) is 2.89. The first-order chi connectivity index (χ1) is 9.49. The van der Waals surface area contributed by atoms with E-state index < -0.39 is 11.7 Å². The van der Waals surface area contributed by atoms with Crippen molar-refractivity contribution < 1.29 is 18.0 Å². The van der Waals surface area contributed by atoms with E-state index in [2.05, 4.69) is 10.6 Å². The minimum atomic E-state index is -4.35. The van der Waals surface area contributed by atoms with Crippen LogP contribution >= 0.6 is 0 Å². The molecule has 0 aliphatic rings. The highest BCUT2D eigenvalue weighted by atomic mass is 19.4. The molecule has 0 bridgehead atoms. The Bertz CT molecular complexity index is 475. The molecule has 0 spiro atoms. The zero-order valence-electron chi connectivity index (χ0n) is 12.6. The Morgan fingerprint density at radius 1 is 1.14 bits per heavy atom. The molecule has 6 heteroatoms. The molecule has 0 saturated carbocycles. The van der Waals surface area contributed by atoms with Crippen LogP contribution in [0, 0.1) is 0 Å². The van der Waals surface area contributed by atoms with Gasteiger partial charge in [0, 0.05) is 5.54 Å². The van der Waals surface area contributed by atoms with Crippen LogP contribution in [0.2, 0.25) is 0 Å². The highest BCUT2D eigenvalue weighted by molar-refractivity contribution is 5.78. The molecular formula is C15H21F3N2O. The largest absolute Gasteiger partial charge is 0.416 e. The summed E-state index contributed by atoms with van der Waals surface area (Å²) in [5, 5.41) is 5.79. The second-order valence-electron chi connectivity index (χ2n) is 6.01. The number of halogens is 3. The fourth-order valence-electron chi connectivity index (χ4n) is 1.68. The molecule has 0 fully saturated rings. The Morgan fingerprint density at radius 2 is 1.67 bits per heavy atom. The summed E-state index contributed by atoms with van der Waals surface area (Å²) in [7, 11) is 0. The predicted molar refractivity (Wildman–Crippen MR) is 75.8 cm³/mol. The lowest BCUT2D eigenvalue weighted by molar-refractivity contribution is -0.137. The molecule has 1 unspecified atom stereocenters. The molecule has 0 saturated heterocycles. The van der Waals surface area contributed by atoms with Crippen molar-refractivity contribution in [3.05, 3.63) is 35.4 Å². The second-order valence-corrected chi connectivity index (χ2v) is 6.01. The molecule has 0 aliphatic carbocycles. The van der Waals surface area contributed by atoms with Gasteiger partial charge in [0.05, 0.1) is 18.2 Å². The molecule has 0 aromatic heterocycles. The van der Waals surface area contributed by atoms with Crippen LogP contribution in [0.4, 0.5) is 13.2 Å². The van der Waals surface area contributed by atoms with E-state index in [-0.39, 0.29) is 24.0 Å². The number of rotatable bonds is 4. The van der Waals surface area contributed by atoms with Crippen molar-refractivity contribution in [2.75, 3.05) is 6.54 Å². The van der Waals surface area contributed by atoms with Gasteiger partial charge in [0.15, 0.2) is 0 Å². The summed E-state index contributed by atoms with van der Waals surface area (Å²) in [6, 6.07) is 4.45. The standard InChI is InChI=1S/C15H21F3N2O/c1-10(20-13(21)9-19-14(2,3)4)11-5-7-12(8-6-11)15(16,17)18/h5-8,10,19H,9H2,1-4H3,(H,20,21). The van der Waals surface area contributed by atoms with E-state index in [0.29, 0.717) is 5.56 Å². The molecule has 118 valence electrons. The van der Waals surface area contributed by atoms with Crippen molar-refractivity contribution in [1.29, 1.82) is 0 Å². The van der Waals surface area contributed by atoms with Gasteiger partial charge in [0.25, 0.3) is 0 Å². The highest BCUT2D eigenvalue weighted by Gasteiger charge is 2.30. The zero-order chi connectivity index (χ0) is 16.3. The monoisotopic (exact) mass is 302 g/mol. The van der Waals surface area contributed by atoms with Gasteiger partial charge in [-0.25, -0.2) is 0 Å². The van der Waals surface area contributed by atoms with Gasteiger partial charge in [0.2, 0.25) is 5.91 Å². The van der Waals surface area contributed by atoms with Crippen LogP contribution in [0.25, 0.3) is 0 Å². The maximum absolute atomic E-state index is 12.5. The number of nitrogens with one attached hydrogen (secondary N) is 2. The second kappa shape index (κ2) is 6.47. The summed E-state index contributed by atoms with van der Waals surface area (Å²) in [4.78, 5) is 11.7. The van der Waals surface area contributed by atoms with Crippen LogP contribution in [0.5, 0.6) is 0 Å². The first-order valence-electron chi connectivity index (χ1n) is 6.70. The summed E-state index contributed by atoms with van der Waals surface area (Å²) in [6.07, 6.45) is -4.35. The number of alkyl halides is 3. The average Bonchev–Trinajstić information content (AvgIpc) is 2.34. The van der Waals surface area contributed by atoms with Crippen LogP contribution < -0.4 is 10.6 Å². The molecule has 3 nitrogen and oxygen atoms in total. The van der Waals surface area contributed by atoms with Crippen molar-refractivity contribution in [3.63, 3.8) is 0 Å². The summed E-state index contributed by atoms with van der Waals surface area (Å²) < 4.78 is 37.4. The fraction of sp³-hybridized carbons (Fsp3) is 0.533. The van der Waals surface area contributed by atoms with Gasteiger partial charge in [-0.2, -0.15) is 13.2 Å². The van der Waals surface area contributed by atoms with Crippen LogP contribution in [-0.2, 0) is 11.0 Å². The van der Waals surface area contributed by atoms with E-state index >= 15 is 0 Å². The smallest absolute Gasteiger partial charge is 0.348 e. The Kier molecular flexibility index (Phi) is 5.39. The third kappa shape index (κ3) is 6.16. The summed E-state index contributed by atoms with van der Waals surface area (Å²) >= 11 is 0. The Hall–Kier alpha value is -1.56.